The van der Waals surface area contributed by atoms with Crippen LogP contribution in [0, 0.1) is 0 Å². The van der Waals surface area contributed by atoms with Crippen LogP contribution in [0.25, 0.3) is 0 Å². The number of hydrogen-bond donors (Lipinski definition) is 0. The fourth-order valence-electron chi connectivity index (χ4n) is 2.16. The van der Waals surface area contributed by atoms with Crippen molar-refractivity contribution in [2.75, 3.05) is 13.2 Å². The molecule has 2 aliphatic rings. The monoisotopic (exact) mass is 202 g/mol. The number of ether oxygens (including phenoxy) is 1. The maximum absolute atomic E-state index is 5.69. The fourth-order valence-corrected chi connectivity index (χ4v) is 2.16. The highest BCUT2D eigenvalue weighted by Gasteiger charge is 2.28. The van der Waals surface area contributed by atoms with Crippen molar-refractivity contribution in [1.29, 1.82) is 0 Å². The van der Waals surface area contributed by atoms with E-state index in [4.69, 9.17) is 4.74 Å². The number of hydrogen-bond acceptors (Lipinski definition) is 3. The Morgan fingerprint density at radius 2 is 2.13 bits per heavy atom. The quantitative estimate of drug-likeness (QED) is 0.694. The lowest BCUT2D eigenvalue weighted by Gasteiger charge is -2.27. The first-order valence-electron chi connectivity index (χ1n) is 5.47. The molecule has 2 heterocycles. The molecule has 0 aliphatic carbocycles. The lowest BCUT2D eigenvalue weighted by molar-refractivity contribution is 0.133. The predicted molar refractivity (Wildman–Crippen MR) is 58.7 cm³/mol. The molecule has 1 saturated heterocycles. The van der Waals surface area contributed by atoms with Gasteiger partial charge in [0.2, 0.25) is 5.90 Å². The first kappa shape index (κ1) is 8.77. The standard InChI is InChI=1S/C12H14N2O/c1-2-5-10(6-3-1)12-13-14-8-4-7-11(14)9-15-12/h1-3,5-6,11H,4,7-9H2. The second-order valence-electron chi connectivity index (χ2n) is 4.04. The Labute approximate surface area is 89.3 Å². The highest BCUT2D eigenvalue weighted by Crippen LogP contribution is 2.22. The molecular weight excluding hydrogens is 188 g/mol. The molecule has 1 unspecified atom stereocenters. The van der Waals surface area contributed by atoms with Crippen LogP contribution in [-0.2, 0) is 4.74 Å². The summed E-state index contributed by atoms with van der Waals surface area (Å²) in [6.45, 7) is 1.86. The van der Waals surface area contributed by atoms with Crippen molar-refractivity contribution in [3.63, 3.8) is 0 Å². The van der Waals surface area contributed by atoms with Crippen LogP contribution in [0.3, 0.4) is 0 Å². The van der Waals surface area contributed by atoms with Gasteiger partial charge in [-0.05, 0) is 25.0 Å². The number of fused-ring (bicyclic) bond motifs is 1. The van der Waals surface area contributed by atoms with E-state index >= 15 is 0 Å². The Kier molecular flexibility index (Phi) is 2.09. The van der Waals surface area contributed by atoms with Gasteiger partial charge in [0.1, 0.15) is 6.61 Å². The summed E-state index contributed by atoms with van der Waals surface area (Å²) in [5.74, 6) is 0.772. The topological polar surface area (TPSA) is 24.8 Å². The van der Waals surface area contributed by atoms with Crippen LogP contribution in [0.4, 0.5) is 0 Å². The van der Waals surface area contributed by atoms with Gasteiger partial charge in [-0.15, -0.1) is 5.10 Å². The van der Waals surface area contributed by atoms with Gasteiger partial charge in [0, 0.05) is 12.1 Å². The fraction of sp³-hybridized carbons (Fsp3) is 0.417. The second-order valence-corrected chi connectivity index (χ2v) is 4.04. The molecule has 3 rings (SSSR count). The minimum Gasteiger partial charge on any atom is -0.474 e. The van der Waals surface area contributed by atoms with Crippen molar-refractivity contribution < 1.29 is 4.74 Å². The molecule has 1 aromatic carbocycles. The molecule has 3 nitrogen and oxygen atoms in total. The van der Waals surface area contributed by atoms with Gasteiger partial charge in [-0.2, -0.15) is 0 Å². The smallest absolute Gasteiger partial charge is 0.238 e. The SMILES string of the molecule is c1ccc(C2=NN3CCCC3CO2)cc1. The van der Waals surface area contributed by atoms with Crippen LogP contribution in [0.15, 0.2) is 35.4 Å². The third kappa shape index (κ3) is 1.58. The Morgan fingerprint density at radius 3 is 3.00 bits per heavy atom. The Morgan fingerprint density at radius 1 is 1.27 bits per heavy atom. The third-order valence-electron chi connectivity index (χ3n) is 3.00. The van der Waals surface area contributed by atoms with Gasteiger partial charge < -0.3 is 4.74 Å². The summed E-state index contributed by atoms with van der Waals surface area (Å²) in [6.07, 6.45) is 2.45. The molecule has 2 aliphatic heterocycles. The molecule has 1 atom stereocenters. The highest BCUT2D eigenvalue weighted by molar-refractivity contribution is 5.94. The van der Waals surface area contributed by atoms with E-state index in [1.54, 1.807) is 0 Å². The number of nitrogens with zero attached hydrogens (tertiary/aromatic N) is 2. The van der Waals surface area contributed by atoms with E-state index < -0.39 is 0 Å². The average Bonchev–Trinajstić information content (AvgIpc) is 2.77. The average molecular weight is 202 g/mol. The maximum Gasteiger partial charge on any atom is 0.238 e. The number of benzene rings is 1. The van der Waals surface area contributed by atoms with E-state index in [1.165, 1.54) is 12.8 Å². The molecule has 1 aromatic rings. The van der Waals surface area contributed by atoms with E-state index in [1.807, 2.05) is 30.3 Å². The predicted octanol–water partition coefficient (Wildman–Crippen LogP) is 1.84. The summed E-state index contributed by atoms with van der Waals surface area (Å²) < 4.78 is 5.69. The largest absolute Gasteiger partial charge is 0.474 e. The lowest BCUT2D eigenvalue weighted by Crippen LogP contribution is -2.36. The zero-order valence-corrected chi connectivity index (χ0v) is 8.60. The molecule has 0 spiro atoms. The van der Waals surface area contributed by atoms with Crippen molar-refractivity contribution in [2.45, 2.75) is 18.9 Å². The van der Waals surface area contributed by atoms with E-state index in [-0.39, 0.29) is 0 Å². The molecule has 0 radical (unpaired) electrons. The highest BCUT2D eigenvalue weighted by atomic mass is 16.5. The molecule has 15 heavy (non-hydrogen) atoms. The van der Waals surface area contributed by atoms with Gasteiger partial charge in [0.05, 0.1) is 6.04 Å². The summed E-state index contributed by atoms with van der Waals surface area (Å²) >= 11 is 0. The van der Waals surface area contributed by atoms with Crippen LogP contribution in [-0.4, -0.2) is 30.1 Å². The summed E-state index contributed by atoms with van der Waals surface area (Å²) in [5, 5.41) is 6.71. The molecule has 0 saturated carbocycles. The van der Waals surface area contributed by atoms with Crippen molar-refractivity contribution in [3.8, 4) is 0 Å². The van der Waals surface area contributed by atoms with Crippen molar-refractivity contribution in [2.24, 2.45) is 5.10 Å². The first-order valence-corrected chi connectivity index (χ1v) is 5.47. The molecule has 1 fully saturated rings. The molecule has 0 aromatic heterocycles. The van der Waals surface area contributed by atoms with Crippen LogP contribution < -0.4 is 0 Å². The Balaban J connectivity index is 1.88. The van der Waals surface area contributed by atoms with Crippen molar-refractivity contribution in [1.82, 2.24) is 5.01 Å². The van der Waals surface area contributed by atoms with E-state index in [0.29, 0.717) is 6.04 Å². The summed E-state index contributed by atoms with van der Waals surface area (Å²) in [4.78, 5) is 0. The minimum atomic E-state index is 0.512. The Hall–Kier alpha value is -1.51. The van der Waals surface area contributed by atoms with E-state index in [9.17, 15) is 0 Å². The molecule has 78 valence electrons. The van der Waals surface area contributed by atoms with Gasteiger partial charge in [-0.3, -0.25) is 5.01 Å². The molecular formula is C12H14N2O. The Bertz CT molecular complexity index is 374. The molecule has 3 heteroatoms. The molecule has 0 N–H and O–H groups in total. The second kappa shape index (κ2) is 3.57. The number of hydrazone groups is 1. The van der Waals surface area contributed by atoms with Crippen molar-refractivity contribution in [3.05, 3.63) is 35.9 Å². The summed E-state index contributed by atoms with van der Waals surface area (Å²) in [6, 6.07) is 10.6. The van der Waals surface area contributed by atoms with E-state index in [2.05, 4.69) is 10.1 Å². The molecule has 0 bridgehead atoms. The van der Waals surface area contributed by atoms with Gasteiger partial charge in [-0.1, -0.05) is 18.2 Å². The van der Waals surface area contributed by atoms with Crippen LogP contribution >= 0.6 is 0 Å². The zero-order valence-electron chi connectivity index (χ0n) is 8.60. The van der Waals surface area contributed by atoms with Crippen LogP contribution in [0.2, 0.25) is 0 Å². The van der Waals surface area contributed by atoms with Gasteiger partial charge in [0.15, 0.2) is 0 Å². The lowest BCUT2D eigenvalue weighted by atomic mass is 10.2. The third-order valence-corrected chi connectivity index (χ3v) is 3.00. The van der Waals surface area contributed by atoms with Crippen LogP contribution in [0.1, 0.15) is 18.4 Å². The van der Waals surface area contributed by atoms with Crippen molar-refractivity contribution >= 4 is 5.90 Å². The number of rotatable bonds is 1. The van der Waals surface area contributed by atoms with Gasteiger partial charge >= 0.3 is 0 Å². The first-order chi connectivity index (χ1) is 7.43. The van der Waals surface area contributed by atoms with Gasteiger partial charge in [-0.25, -0.2) is 0 Å². The molecule has 0 amide bonds. The normalized spacial score (nSPS) is 24.4. The minimum absolute atomic E-state index is 0.512. The van der Waals surface area contributed by atoms with Crippen LogP contribution in [0.5, 0.6) is 0 Å². The maximum atomic E-state index is 5.69. The zero-order chi connectivity index (χ0) is 10.1. The summed E-state index contributed by atoms with van der Waals surface area (Å²) in [7, 11) is 0. The summed E-state index contributed by atoms with van der Waals surface area (Å²) in [5.41, 5.74) is 1.07. The van der Waals surface area contributed by atoms with Gasteiger partial charge in [0.25, 0.3) is 0 Å². The van der Waals surface area contributed by atoms with E-state index in [0.717, 1.165) is 24.6 Å².